The van der Waals surface area contributed by atoms with E-state index in [2.05, 4.69) is 0 Å². The minimum atomic E-state index is -2.02. The summed E-state index contributed by atoms with van der Waals surface area (Å²) in [6.45, 7) is 9.63. The van der Waals surface area contributed by atoms with Crippen LogP contribution < -0.4 is 4.90 Å². The molecule has 1 fully saturated rings. The number of amides is 3. The van der Waals surface area contributed by atoms with Gasteiger partial charge in [-0.05, 0) is 26.0 Å². The van der Waals surface area contributed by atoms with E-state index in [0.29, 0.717) is 0 Å². The van der Waals surface area contributed by atoms with E-state index in [4.69, 9.17) is 0 Å². The molecule has 1 aromatic carbocycles. The van der Waals surface area contributed by atoms with Crippen molar-refractivity contribution in [3.05, 3.63) is 30.3 Å². The van der Waals surface area contributed by atoms with Crippen LogP contribution in [0.15, 0.2) is 30.3 Å². The van der Waals surface area contributed by atoms with Crippen LogP contribution in [0.5, 0.6) is 0 Å². The molecule has 5 heteroatoms. The molecule has 0 saturated carbocycles. The lowest BCUT2D eigenvalue weighted by molar-refractivity contribution is -0.126. The third-order valence-corrected chi connectivity index (χ3v) is 5.09. The van der Waals surface area contributed by atoms with Crippen LogP contribution in [-0.2, 0) is 4.79 Å². The molecule has 0 spiro atoms. The van der Waals surface area contributed by atoms with Crippen molar-refractivity contribution in [2.45, 2.75) is 39.0 Å². The minimum absolute atomic E-state index is 0.0967. The van der Waals surface area contributed by atoms with Crippen molar-refractivity contribution in [3.63, 3.8) is 0 Å². The summed E-state index contributed by atoms with van der Waals surface area (Å²) in [6, 6.07) is 9.18. The number of imide groups is 1. The van der Waals surface area contributed by atoms with Crippen LogP contribution in [0.3, 0.4) is 0 Å². The maximum absolute atomic E-state index is 12.6. The lowest BCUT2D eigenvalue weighted by atomic mass is 10.0. The normalized spacial score (nSPS) is 19.2. The van der Waals surface area contributed by atoms with Gasteiger partial charge in [-0.3, -0.25) is 14.3 Å². The number of benzene rings is 1. The molecule has 0 unspecified atom stereocenters. The highest BCUT2D eigenvalue weighted by Crippen LogP contribution is 2.35. The molecule has 1 aliphatic rings. The second-order valence-corrected chi connectivity index (χ2v) is 11.1. The van der Waals surface area contributed by atoms with Gasteiger partial charge >= 0.3 is 6.03 Å². The summed E-state index contributed by atoms with van der Waals surface area (Å²) in [5.74, 6) is -0.0967. The van der Waals surface area contributed by atoms with E-state index in [0.717, 1.165) is 5.69 Å². The van der Waals surface area contributed by atoms with E-state index >= 15 is 0 Å². The van der Waals surface area contributed by atoms with E-state index in [1.807, 2.05) is 50.0 Å². The first-order valence-electron chi connectivity index (χ1n) is 6.41. The maximum Gasteiger partial charge on any atom is 0.324 e. The van der Waals surface area contributed by atoms with E-state index in [9.17, 15) is 9.59 Å². The van der Waals surface area contributed by atoms with Gasteiger partial charge in [0.05, 0.1) is 0 Å². The number of para-hydroxylation sites is 1. The van der Waals surface area contributed by atoms with Gasteiger partial charge in [0, 0.05) is 5.69 Å². The van der Waals surface area contributed by atoms with Gasteiger partial charge < -0.3 is 0 Å². The standard InChI is InChI=1S/C14H20N2O2Si/c1-14(2)12(17)16(19(3,4)5)13(18)15(14)11-9-7-6-8-10-11/h6-10H,1-5H3. The number of rotatable bonds is 2. The van der Waals surface area contributed by atoms with E-state index < -0.39 is 13.8 Å². The van der Waals surface area contributed by atoms with Crippen LogP contribution in [0.4, 0.5) is 10.5 Å². The summed E-state index contributed by atoms with van der Waals surface area (Å²) in [5, 5.41) is 0. The molecule has 0 bridgehead atoms. The Hall–Kier alpha value is -1.62. The molecule has 0 radical (unpaired) electrons. The molecule has 102 valence electrons. The number of nitrogens with zero attached hydrogens (tertiary/aromatic N) is 2. The fourth-order valence-electron chi connectivity index (χ4n) is 2.40. The van der Waals surface area contributed by atoms with E-state index in [1.54, 1.807) is 18.7 Å². The number of hydrogen-bond donors (Lipinski definition) is 0. The van der Waals surface area contributed by atoms with Crippen LogP contribution in [0.1, 0.15) is 13.8 Å². The molecule has 0 atom stereocenters. The largest absolute Gasteiger partial charge is 0.324 e. The third kappa shape index (κ3) is 2.08. The van der Waals surface area contributed by atoms with Crippen LogP contribution in [0, 0.1) is 0 Å². The summed E-state index contributed by atoms with van der Waals surface area (Å²) >= 11 is 0. The first kappa shape index (κ1) is 13.8. The lowest BCUT2D eigenvalue weighted by Gasteiger charge is -2.28. The SMILES string of the molecule is CC1(C)C(=O)N([Si](C)(C)C)C(=O)N1c1ccccc1. The number of carbonyl (C=O) groups is 2. The Bertz CT molecular complexity index is 520. The zero-order chi connectivity index (χ0) is 14.4. The second kappa shape index (κ2) is 4.20. The average Bonchev–Trinajstić information content (AvgIpc) is 2.46. The molecule has 19 heavy (non-hydrogen) atoms. The highest BCUT2D eigenvalue weighted by atomic mass is 28.3. The number of carbonyl (C=O) groups excluding carboxylic acids is 2. The first-order valence-corrected chi connectivity index (χ1v) is 9.86. The number of anilines is 1. The zero-order valence-corrected chi connectivity index (χ0v) is 13.1. The van der Waals surface area contributed by atoms with Crippen molar-refractivity contribution in [2.75, 3.05) is 4.90 Å². The predicted molar refractivity (Wildman–Crippen MR) is 78.6 cm³/mol. The molecule has 2 rings (SSSR count). The fraction of sp³-hybridized carbons (Fsp3) is 0.429. The Labute approximate surface area is 115 Å². The van der Waals surface area contributed by atoms with E-state index in [-0.39, 0.29) is 11.9 Å². The van der Waals surface area contributed by atoms with Crippen molar-refractivity contribution >= 4 is 25.9 Å². The molecular weight excluding hydrogens is 256 g/mol. The van der Waals surface area contributed by atoms with Gasteiger partial charge in [0.1, 0.15) is 5.54 Å². The van der Waals surface area contributed by atoms with Crippen molar-refractivity contribution < 1.29 is 9.59 Å². The smallest absolute Gasteiger partial charge is 0.292 e. The third-order valence-electron chi connectivity index (χ3n) is 3.35. The molecule has 0 aromatic heterocycles. The predicted octanol–water partition coefficient (Wildman–Crippen LogP) is 3.07. The minimum Gasteiger partial charge on any atom is -0.292 e. The molecule has 1 saturated heterocycles. The molecule has 4 nitrogen and oxygen atoms in total. The average molecular weight is 276 g/mol. The first-order chi connectivity index (χ1) is 8.67. The van der Waals surface area contributed by atoms with Gasteiger partial charge in [-0.1, -0.05) is 37.8 Å². The lowest BCUT2D eigenvalue weighted by Crippen LogP contribution is -2.51. The number of hydrogen-bond acceptors (Lipinski definition) is 2. The van der Waals surface area contributed by atoms with Crippen LogP contribution in [0.2, 0.25) is 19.6 Å². The van der Waals surface area contributed by atoms with Crippen LogP contribution >= 0.6 is 0 Å². The highest BCUT2D eigenvalue weighted by molar-refractivity contribution is 6.78. The molecule has 0 aliphatic carbocycles. The molecule has 1 aliphatic heterocycles. The summed E-state index contributed by atoms with van der Waals surface area (Å²) in [4.78, 5) is 26.8. The molecule has 3 amide bonds. The molecule has 0 N–H and O–H groups in total. The summed E-state index contributed by atoms with van der Waals surface area (Å²) in [5.41, 5.74) is -0.0507. The number of urea groups is 1. The Balaban J connectivity index is 2.52. The van der Waals surface area contributed by atoms with Crippen molar-refractivity contribution in [3.8, 4) is 0 Å². The van der Waals surface area contributed by atoms with Gasteiger partial charge in [0.15, 0.2) is 8.24 Å². The van der Waals surface area contributed by atoms with Crippen LogP contribution in [0.25, 0.3) is 0 Å². The van der Waals surface area contributed by atoms with Crippen LogP contribution in [-0.4, -0.2) is 30.3 Å². The quantitative estimate of drug-likeness (QED) is 0.615. The zero-order valence-electron chi connectivity index (χ0n) is 12.1. The maximum atomic E-state index is 12.6. The van der Waals surface area contributed by atoms with Crippen molar-refractivity contribution in [2.24, 2.45) is 0 Å². The Morgan fingerprint density at radius 3 is 1.95 bits per heavy atom. The Kier molecular flexibility index (Phi) is 3.05. The monoisotopic (exact) mass is 276 g/mol. The Morgan fingerprint density at radius 2 is 1.53 bits per heavy atom. The van der Waals surface area contributed by atoms with Crippen molar-refractivity contribution in [1.82, 2.24) is 4.57 Å². The summed E-state index contributed by atoms with van der Waals surface area (Å²) in [7, 11) is -2.02. The Morgan fingerprint density at radius 1 is 1.00 bits per heavy atom. The molecule has 1 aromatic rings. The fourth-order valence-corrected chi connectivity index (χ4v) is 3.95. The second-order valence-electron chi connectivity index (χ2n) is 6.32. The van der Waals surface area contributed by atoms with Gasteiger partial charge in [-0.15, -0.1) is 0 Å². The summed E-state index contributed by atoms with van der Waals surface area (Å²) in [6.07, 6.45) is 0. The highest BCUT2D eigenvalue weighted by Gasteiger charge is 2.55. The molecular formula is C14H20N2O2Si. The van der Waals surface area contributed by atoms with Crippen molar-refractivity contribution in [1.29, 1.82) is 0 Å². The van der Waals surface area contributed by atoms with Gasteiger partial charge in [0.2, 0.25) is 5.91 Å². The topological polar surface area (TPSA) is 40.6 Å². The van der Waals surface area contributed by atoms with Gasteiger partial charge in [0.25, 0.3) is 0 Å². The summed E-state index contributed by atoms with van der Waals surface area (Å²) < 4.78 is 1.49. The van der Waals surface area contributed by atoms with E-state index in [1.165, 1.54) is 4.57 Å². The molecule has 1 heterocycles. The van der Waals surface area contributed by atoms with Gasteiger partial charge in [-0.25, -0.2) is 4.79 Å². The van der Waals surface area contributed by atoms with Gasteiger partial charge in [-0.2, -0.15) is 0 Å².